The summed E-state index contributed by atoms with van der Waals surface area (Å²) in [7, 11) is 0. The van der Waals surface area contributed by atoms with E-state index in [0.717, 1.165) is 49.4 Å². The summed E-state index contributed by atoms with van der Waals surface area (Å²) in [5.41, 5.74) is 1.09. The minimum atomic E-state index is 0.201. The van der Waals surface area contributed by atoms with Gasteiger partial charge in [-0.1, -0.05) is 6.07 Å². The predicted octanol–water partition coefficient (Wildman–Crippen LogP) is 2.23. The molecule has 2 saturated heterocycles. The molecule has 3 aliphatic heterocycles. The quantitative estimate of drug-likeness (QED) is 0.730. The van der Waals surface area contributed by atoms with Gasteiger partial charge in [-0.05, 0) is 49.3 Å². The van der Waals surface area contributed by atoms with Crippen molar-refractivity contribution in [2.75, 3.05) is 46.2 Å². The number of rotatable bonds is 6. The molecule has 0 spiro atoms. The zero-order chi connectivity index (χ0) is 20.1. The van der Waals surface area contributed by atoms with Crippen molar-refractivity contribution >= 4 is 11.8 Å². The van der Waals surface area contributed by atoms with E-state index in [1.165, 1.54) is 0 Å². The van der Waals surface area contributed by atoms with E-state index in [9.17, 15) is 9.59 Å². The van der Waals surface area contributed by atoms with E-state index in [1.807, 2.05) is 28.0 Å². The van der Waals surface area contributed by atoms with E-state index in [4.69, 9.17) is 14.2 Å². The third kappa shape index (κ3) is 5.21. The molecule has 0 aromatic heterocycles. The van der Waals surface area contributed by atoms with Crippen LogP contribution >= 0.6 is 0 Å². The summed E-state index contributed by atoms with van der Waals surface area (Å²) in [6.07, 6.45) is 4.76. The molecule has 29 heavy (non-hydrogen) atoms. The van der Waals surface area contributed by atoms with E-state index < -0.39 is 0 Å². The fourth-order valence-electron chi connectivity index (χ4n) is 4.33. The molecule has 0 bridgehead atoms. The number of benzene rings is 1. The van der Waals surface area contributed by atoms with Crippen molar-refractivity contribution in [2.24, 2.45) is 5.92 Å². The molecule has 1 aromatic carbocycles. The van der Waals surface area contributed by atoms with Crippen LogP contribution in [0.15, 0.2) is 18.2 Å². The van der Waals surface area contributed by atoms with Gasteiger partial charge in [-0.2, -0.15) is 0 Å². The fourth-order valence-corrected chi connectivity index (χ4v) is 4.33. The number of morpholine rings is 1. The molecule has 2 amide bonds. The average Bonchev–Trinajstić information content (AvgIpc) is 3.24. The van der Waals surface area contributed by atoms with E-state index in [-0.39, 0.29) is 18.6 Å². The molecule has 7 heteroatoms. The lowest BCUT2D eigenvalue weighted by atomic mass is 9.92. The van der Waals surface area contributed by atoms with Crippen LogP contribution in [0.2, 0.25) is 0 Å². The Bertz CT molecular complexity index is 732. The first kappa shape index (κ1) is 20.0. The van der Waals surface area contributed by atoms with Gasteiger partial charge < -0.3 is 24.0 Å². The summed E-state index contributed by atoms with van der Waals surface area (Å²) in [4.78, 5) is 29.0. The molecule has 1 aromatic rings. The van der Waals surface area contributed by atoms with Gasteiger partial charge in [0.05, 0.1) is 13.2 Å². The van der Waals surface area contributed by atoms with Crippen LogP contribution in [-0.2, 0) is 20.7 Å². The molecule has 1 atom stereocenters. The molecule has 3 aliphatic rings. The van der Waals surface area contributed by atoms with Crippen LogP contribution in [-0.4, -0.2) is 67.8 Å². The first-order chi connectivity index (χ1) is 14.2. The number of likely N-dealkylation sites (tertiary alicyclic amines) is 1. The highest BCUT2D eigenvalue weighted by Crippen LogP contribution is 2.33. The minimum absolute atomic E-state index is 0.201. The highest BCUT2D eigenvalue weighted by Gasteiger charge is 2.25. The van der Waals surface area contributed by atoms with Crippen LogP contribution in [0.3, 0.4) is 0 Å². The van der Waals surface area contributed by atoms with E-state index >= 15 is 0 Å². The standard InChI is InChI=1S/C22H30N2O5/c25-21(23-10-12-27-13-11-23)8-5-18-2-1-9-24(15-18)22(26)7-4-17-3-6-19-20(14-17)29-16-28-19/h3,6,14,18H,1-2,4-5,7-13,15-16H2. The highest BCUT2D eigenvalue weighted by atomic mass is 16.7. The Balaban J connectivity index is 1.21. The van der Waals surface area contributed by atoms with E-state index in [1.54, 1.807) is 0 Å². The van der Waals surface area contributed by atoms with E-state index in [2.05, 4.69) is 0 Å². The van der Waals surface area contributed by atoms with Crippen molar-refractivity contribution in [1.29, 1.82) is 0 Å². The Kier molecular flexibility index (Phi) is 6.54. The van der Waals surface area contributed by atoms with Gasteiger partial charge in [0.2, 0.25) is 18.6 Å². The number of hydrogen-bond acceptors (Lipinski definition) is 5. The molecule has 0 saturated carbocycles. The van der Waals surface area contributed by atoms with Crippen molar-refractivity contribution in [1.82, 2.24) is 9.80 Å². The summed E-state index contributed by atoms with van der Waals surface area (Å²) in [5.74, 6) is 2.37. The summed E-state index contributed by atoms with van der Waals surface area (Å²) < 4.78 is 16.1. The van der Waals surface area contributed by atoms with Crippen LogP contribution in [0.5, 0.6) is 11.5 Å². The molecule has 0 N–H and O–H groups in total. The smallest absolute Gasteiger partial charge is 0.231 e. The van der Waals surface area contributed by atoms with Gasteiger partial charge in [-0.15, -0.1) is 0 Å². The molecular formula is C22H30N2O5. The lowest BCUT2D eigenvalue weighted by molar-refractivity contribution is -0.135. The molecule has 4 rings (SSSR count). The number of carbonyl (C=O) groups excluding carboxylic acids is 2. The fraction of sp³-hybridized carbons (Fsp3) is 0.636. The van der Waals surface area contributed by atoms with Crippen molar-refractivity contribution < 1.29 is 23.8 Å². The number of amides is 2. The zero-order valence-corrected chi connectivity index (χ0v) is 16.9. The highest BCUT2D eigenvalue weighted by molar-refractivity contribution is 5.77. The number of piperidine rings is 1. The first-order valence-corrected chi connectivity index (χ1v) is 10.7. The second-order valence-electron chi connectivity index (χ2n) is 8.07. The summed E-state index contributed by atoms with van der Waals surface area (Å²) in [6.45, 7) is 4.55. The van der Waals surface area contributed by atoms with Crippen LogP contribution < -0.4 is 9.47 Å². The number of nitrogens with zero attached hydrogens (tertiary/aromatic N) is 2. The van der Waals surface area contributed by atoms with Crippen molar-refractivity contribution in [2.45, 2.75) is 38.5 Å². The van der Waals surface area contributed by atoms with Gasteiger partial charge in [-0.3, -0.25) is 9.59 Å². The summed E-state index contributed by atoms with van der Waals surface area (Å²) in [5, 5.41) is 0. The molecule has 2 fully saturated rings. The van der Waals surface area contributed by atoms with Crippen LogP contribution in [0, 0.1) is 5.92 Å². The Morgan fingerprint density at radius 1 is 0.966 bits per heavy atom. The van der Waals surface area contributed by atoms with Crippen LogP contribution in [0.4, 0.5) is 0 Å². The van der Waals surface area contributed by atoms with Crippen molar-refractivity contribution in [3.05, 3.63) is 23.8 Å². The second kappa shape index (κ2) is 9.48. The number of hydrogen-bond donors (Lipinski definition) is 0. The average molecular weight is 402 g/mol. The van der Waals surface area contributed by atoms with Gasteiger partial charge in [0.15, 0.2) is 11.5 Å². The molecular weight excluding hydrogens is 372 g/mol. The largest absolute Gasteiger partial charge is 0.454 e. The maximum atomic E-state index is 12.7. The molecule has 158 valence electrons. The Morgan fingerprint density at radius 2 is 1.76 bits per heavy atom. The third-order valence-electron chi connectivity index (χ3n) is 6.07. The van der Waals surface area contributed by atoms with Gasteiger partial charge >= 0.3 is 0 Å². The molecule has 0 aliphatic carbocycles. The number of aryl methyl sites for hydroxylation is 1. The van der Waals surface area contributed by atoms with Crippen molar-refractivity contribution in [3.8, 4) is 11.5 Å². The van der Waals surface area contributed by atoms with Gasteiger partial charge in [0.1, 0.15) is 0 Å². The minimum Gasteiger partial charge on any atom is -0.454 e. The number of fused-ring (bicyclic) bond motifs is 1. The van der Waals surface area contributed by atoms with Gasteiger partial charge in [-0.25, -0.2) is 0 Å². The summed E-state index contributed by atoms with van der Waals surface area (Å²) in [6, 6.07) is 5.87. The number of ether oxygens (including phenoxy) is 3. The SMILES string of the molecule is O=C(CCC1CCCN(C(=O)CCc2ccc3c(c2)OCO3)C1)N1CCOCC1. The van der Waals surface area contributed by atoms with Crippen LogP contribution in [0.25, 0.3) is 0 Å². The number of carbonyl (C=O) groups is 2. The van der Waals surface area contributed by atoms with Gasteiger partial charge in [0, 0.05) is 39.0 Å². The monoisotopic (exact) mass is 402 g/mol. The lowest BCUT2D eigenvalue weighted by Crippen LogP contribution is -2.42. The van der Waals surface area contributed by atoms with E-state index in [0.29, 0.717) is 51.5 Å². The third-order valence-corrected chi connectivity index (χ3v) is 6.07. The first-order valence-electron chi connectivity index (χ1n) is 10.7. The zero-order valence-electron chi connectivity index (χ0n) is 16.9. The second-order valence-corrected chi connectivity index (χ2v) is 8.07. The molecule has 1 unspecified atom stereocenters. The summed E-state index contributed by atoms with van der Waals surface area (Å²) >= 11 is 0. The predicted molar refractivity (Wildman–Crippen MR) is 107 cm³/mol. The van der Waals surface area contributed by atoms with Gasteiger partial charge in [0.25, 0.3) is 0 Å². The maximum Gasteiger partial charge on any atom is 0.231 e. The normalized spacial score (nSPS) is 21.3. The van der Waals surface area contributed by atoms with Crippen LogP contribution in [0.1, 0.15) is 37.7 Å². The van der Waals surface area contributed by atoms with Crippen molar-refractivity contribution in [3.63, 3.8) is 0 Å². The molecule has 7 nitrogen and oxygen atoms in total. The Labute approximate surface area is 171 Å². The molecule has 0 radical (unpaired) electrons. The Morgan fingerprint density at radius 3 is 2.62 bits per heavy atom. The Hall–Kier alpha value is -2.28. The maximum absolute atomic E-state index is 12.7. The topological polar surface area (TPSA) is 68.3 Å². The lowest BCUT2D eigenvalue weighted by Gasteiger charge is -2.33. The molecule has 3 heterocycles.